The molecule has 0 amide bonds. The summed E-state index contributed by atoms with van der Waals surface area (Å²) in [7, 11) is -4.50. The molecule has 0 atom stereocenters. The van der Waals surface area contributed by atoms with Crippen LogP contribution in [-0.4, -0.2) is 8.42 Å². The van der Waals surface area contributed by atoms with Crippen LogP contribution in [0, 0.1) is 11.6 Å². The second-order valence-corrected chi connectivity index (χ2v) is 6.08. The van der Waals surface area contributed by atoms with Gasteiger partial charge in [0.25, 0.3) is 0 Å². The quantitative estimate of drug-likeness (QED) is 0.542. The molecule has 0 fully saturated rings. The van der Waals surface area contributed by atoms with Gasteiger partial charge < -0.3 is 8.60 Å². The van der Waals surface area contributed by atoms with Crippen LogP contribution in [0.25, 0.3) is 11.0 Å². The zero-order valence-corrected chi connectivity index (χ0v) is 12.1. The SMILES string of the molecule is O=c1ccc2ccc(OS(=O)(=O)c3ccc(F)cc3F)cc2o1. The number of hydrogen-bond acceptors (Lipinski definition) is 5. The molecule has 0 aliphatic rings. The summed E-state index contributed by atoms with van der Waals surface area (Å²) in [5.74, 6) is -2.35. The molecular formula is C15H8F2O5S. The Labute approximate surface area is 128 Å². The molecule has 0 saturated carbocycles. The number of rotatable bonds is 3. The third-order valence-electron chi connectivity index (χ3n) is 2.96. The summed E-state index contributed by atoms with van der Waals surface area (Å²) in [4.78, 5) is 10.4. The van der Waals surface area contributed by atoms with Crippen molar-refractivity contribution in [2.75, 3.05) is 0 Å². The highest BCUT2D eigenvalue weighted by molar-refractivity contribution is 7.87. The molecular weight excluding hydrogens is 330 g/mol. The van der Waals surface area contributed by atoms with E-state index in [1.54, 1.807) is 0 Å². The van der Waals surface area contributed by atoms with Gasteiger partial charge in [-0.3, -0.25) is 0 Å². The Morgan fingerprint density at radius 3 is 2.43 bits per heavy atom. The average molecular weight is 338 g/mol. The molecule has 0 bridgehead atoms. The van der Waals surface area contributed by atoms with E-state index in [1.807, 2.05) is 0 Å². The fourth-order valence-corrected chi connectivity index (χ4v) is 2.92. The Morgan fingerprint density at radius 1 is 0.957 bits per heavy atom. The first kappa shape index (κ1) is 15.2. The highest BCUT2D eigenvalue weighted by Crippen LogP contribution is 2.24. The van der Waals surface area contributed by atoms with Crippen LogP contribution in [0.1, 0.15) is 0 Å². The van der Waals surface area contributed by atoms with E-state index in [1.165, 1.54) is 30.3 Å². The van der Waals surface area contributed by atoms with Gasteiger partial charge in [-0.1, -0.05) is 0 Å². The van der Waals surface area contributed by atoms with Crippen molar-refractivity contribution >= 4 is 21.1 Å². The van der Waals surface area contributed by atoms with Crippen molar-refractivity contribution in [3.63, 3.8) is 0 Å². The van der Waals surface area contributed by atoms with Gasteiger partial charge in [0, 0.05) is 23.6 Å². The summed E-state index contributed by atoms with van der Waals surface area (Å²) in [5, 5.41) is 0.558. The molecule has 23 heavy (non-hydrogen) atoms. The van der Waals surface area contributed by atoms with Crippen molar-refractivity contribution in [2.45, 2.75) is 4.90 Å². The second kappa shape index (κ2) is 5.47. The maximum Gasteiger partial charge on any atom is 0.342 e. The van der Waals surface area contributed by atoms with E-state index in [2.05, 4.69) is 0 Å². The van der Waals surface area contributed by atoms with E-state index in [0.717, 1.165) is 12.1 Å². The molecule has 8 heteroatoms. The van der Waals surface area contributed by atoms with Crippen molar-refractivity contribution in [3.8, 4) is 5.75 Å². The molecule has 3 aromatic rings. The van der Waals surface area contributed by atoms with Gasteiger partial charge in [0.05, 0.1) is 0 Å². The third kappa shape index (κ3) is 3.07. The van der Waals surface area contributed by atoms with E-state index in [9.17, 15) is 22.0 Å². The monoisotopic (exact) mass is 338 g/mol. The largest absolute Gasteiger partial charge is 0.423 e. The van der Waals surface area contributed by atoms with Gasteiger partial charge in [0.1, 0.15) is 27.9 Å². The first-order chi connectivity index (χ1) is 10.8. The molecule has 0 radical (unpaired) electrons. The Morgan fingerprint density at radius 2 is 1.70 bits per heavy atom. The summed E-state index contributed by atoms with van der Waals surface area (Å²) in [5.41, 5.74) is -0.494. The minimum Gasteiger partial charge on any atom is -0.423 e. The molecule has 0 spiro atoms. The standard InChI is InChI=1S/C15H8F2O5S/c16-10-3-5-14(12(17)7-10)23(19,20)22-11-4-1-9-2-6-15(18)21-13(9)8-11/h1-8H. The predicted molar refractivity (Wildman–Crippen MR) is 76.7 cm³/mol. The van der Waals surface area contributed by atoms with Crippen molar-refractivity contribution in [3.05, 3.63) is 70.6 Å². The highest BCUT2D eigenvalue weighted by Gasteiger charge is 2.22. The van der Waals surface area contributed by atoms with Gasteiger partial charge in [-0.15, -0.1) is 0 Å². The molecule has 0 saturated heterocycles. The zero-order valence-electron chi connectivity index (χ0n) is 11.3. The maximum absolute atomic E-state index is 13.6. The highest BCUT2D eigenvalue weighted by atomic mass is 32.2. The fourth-order valence-electron chi connectivity index (χ4n) is 1.94. The van der Waals surface area contributed by atoms with Crippen LogP contribution >= 0.6 is 0 Å². The average Bonchev–Trinajstić information content (AvgIpc) is 2.45. The van der Waals surface area contributed by atoms with Gasteiger partial charge >= 0.3 is 15.7 Å². The zero-order chi connectivity index (χ0) is 16.6. The van der Waals surface area contributed by atoms with E-state index < -0.39 is 32.3 Å². The van der Waals surface area contributed by atoms with E-state index in [4.69, 9.17) is 8.60 Å². The van der Waals surface area contributed by atoms with Crippen LogP contribution in [-0.2, 0) is 10.1 Å². The molecule has 3 rings (SSSR count). The lowest BCUT2D eigenvalue weighted by molar-refractivity contribution is 0.474. The summed E-state index contributed by atoms with van der Waals surface area (Å²) < 4.78 is 60.3. The van der Waals surface area contributed by atoms with Gasteiger partial charge in [-0.25, -0.2) is 13.6 Å². The van der Waals surface area contributed by atoms with Gasteiger partial charge in [0.2, 0.25) is 0 Å². The van der Waals surface area contributed by atoms with Crippen molar-refractivity contribution < 1.29 is 25.8 Å². The Bertz CT molecular complexity index is 1060. The van der Waals surface area contributed by atoms with Crippen LogP contribution in [0.5, 0.6) is 5.75 Å². The summed E-state index contributed by atoms with van der Waals surface area (Å²) in [6.07, 6.45) is 0. The van der Waals surface area contributed by atoms with E-state index in [0.29, 0.717) is 11.5 Å². The minimum absolute atomic E-state index is 0.116. The van der Waals surface area contributed by atoms with Crippen molar-refractivity contribution in [1.29, 1.82) is 0 Å². The normalized spacial score (nSPS) is 11.6. The van der Waals surface area contributed by atoms with E-state index >= 15 is 0 Å². The lowest BCUT2D eigenvalue weighted by atomic mass is 10.2. The summed E-state index contributed by atoms with van der Waals surface area (Å²) in [6, 6.07) is 8.71. The topological polar surface area (TPSA) is 73.6 Å². The first-order valence-corrected chi connectivity index (χ1v) is 7.69. The van der Waals surface area contributed by atoms with Gasteiger partial charge in [0.15, 0.2) is 0 Å². The number of halogens is 2. The summed E-state index contributed by atoms with van der Waals surface area (Å²) in [6.45, 7) is 0. The van der Waals surface area contributed by atoms with E-state index in [-0.39, 0.29) is 11.3 Å². The van der Waals surface area contributed by atoms with Crippen LogP contribution < -0.4 is 9.81 Å². The molecule has 1 aromatic heterocycles. The molecule has 0 aliphatic heterocycles. The van der Waals surface area contributed by atoms with Gasteiger partial charge in [-0.2, -0.15) is 8.42 Å². The molecule has 2 aromatic carbocycles. The molecule has 118 valence electrons. The second-order valence-electron chi connectivity index (χ2n) is 4.57. The number of benzene rings is 2. The fraction of sp³-hybridized carbons (Fsp3) is 0. The molecule has 5 nitrogen and oxygen atoms in total. The lowest BCUT2D eigenvalue weighted by Gasteiger charge is -2.08. The minimum atomic E-state index is -4.50. The van der Waals surface area contributed by atoms with Crippen molar-refractivity contribution in [1.82, 2.24) is 0 Å². The smallest absolute Gasteiger partial charge is 0.342 e. The predicted octanol–water partition coefficient (Wildman–Crippen LogP) is 2.84. The Balaban J connectivity index is 2.01. The first-order valence-electron chi connectivity index (χ1n) is 6.29. The Kier molecular flexibility index (Phi) is 3.61. The Hall–Kier alpha value is -2.74. The number of fused-ring (bicyclic) bond motifs is 1. The lowest BCUT2D eigenvalue weighted by Crippen LogP contribution is -2.12. The van der Waals surface area contributed by atoms with Crippen molar-refractivity contribution in [2.24, 2.45) is 0 Å². The number of hydrogen-bond donors (Lipinski definition) is 0. The summed E-state index contributed by atoms with van der Waals surface area (Å²) >= 11 is 0. The maximum atomic E-state index is 13.6. The van der Waals surface area contributed by atoms with Crippen LogP contribution in [0.4, 0.5) is 8.78 Å². The molecule has 0 unspecified atom stereocenters. The van der Waals surface area contributed by atoms with Crippen LogP contribution in [0.3, 0.4) is 0 Å². The molecule has 1 heterocycles. The molecule has 0 N–H and O–H groups in total. The van der Waals surface area contributed by atoms with Crippen LogP contribution in [0.15, 0.2) is 62.6 Å². The van der Waals surface area contributed by atoms with Crippen LogP contribution in [0.2, 0.25) is 0 Å². The molecule has 0 aliphatic carbocycles. The van der Waals surface area contributed by atoms with Gasteiger partial charge in [-0.05, 0) is 30.3 Å². The third-order valence-corrected chi connectivity index (χ3v) is 4.25.